The van der Waals surface area contributed by atoms with Gasteiger partial charge in [0, 0.05) is 55.8 Å². The van der Waals surface area contributed by atoms with Crippen molar-refractivity contribution < 1.29 is 23.0 Å². The zero-order chi connectivity index (χ0) is 33.3. The van der Waals surface area contributed by atoms with Gasteiger partial charge in [0.05, 0.1) is 46.9 Å². The molecular formula is C34H38F2N8O3S. The molecule has 14 heteroatoms. The van der Waals surface area contributed by atoms with Crippen molar-refractivity contribution in [1.29, 1.82) is 5.26 Å². The third kappa shape index (κ3) is 5.06. The molecule has 2 N–H and O–H groups in total. The third-order valence-electron chi connectivity index (χ3n) is 10.6. The molecular weight excluding hydrogens is 638 g/mol. The molecule has 252 valence electrons. The van der Waals surface area contributed by atoms with Gasteiger partial charge in [-0.05, 0) is 57.3 Å². The monoisotopic (exact) mass is 676 g/mol. The number of halogens is 2. The van der Waals surface area contributed by atoms with Gasteiger partial charge in [0.25, 0.3) is 0 Å². The highest BCUT2D eigenvalue weighted by atomic mass is 32.1. The van der Waals surface area contributed by atoms with Crippen LogP contribution >= 0.6 is 11.3 Å². The smallest absolute Gasteiger partial charge is 0.319 e. The fraction of sp³-hybridized carbons (Fsp3) is 0.529. The molecule has 0 amide bonds. The average Bonchev–Trinajstić information content (AvgIpc) is 3.86. The molecule has 0 aliphatic carbocycles. The van der Waals surface area contributed by atoms with Gasteiger partial charge < -0.3 is 29.7 Å². The van der Waals surface area contributed by atoms with Crippen molar-refractivity contribution in [3.8, 4) is 23.3 Å². The van der Waals surface area contributed by atoms with Gasteiger partial charge in [0.2, 0.25) is 0 Å². The molecule has 8 rings (SSSR count). The average molecular weight is 677 g/mol. The van der Waals surface area contributed by atoms with Crippen LogP contribution in [0, 0.1) is 23.0 Å². The number of ether oxygens (including phenoxy) is 3. The summed E-state index contributed by atoms with van der Waals surface area (Å²) in [5, 5.41) is 10.9. The molecule has 0 spiro atoms. The van der Waals surface area contributed by atoms with Crippen LogP contribution in [-0.2, 0) is 22.7 Å². The number of piperazine rings is 1. The van der Waals surface area contributed by atoms with E-state index in [9.17, 15) is 9.65 Å². The van der Waals surface area contributed by atoms with E-state index >= 15 is 4.39 Å². The summed E-state index contributed by atoms with van der Waals surface area (Å²) in [6.07, 6.45) is 5.24. The van der Waals surface area contributed by atoms with Gasteiger partial charge in [0.1, 0.15) is 29.0 Å². The number of aromatic nitrogens is 3. The van der Waals surface area contributed by atoms with E-state index in [4.69, 9.17) is 29.9 Å². The number of methoxy groups -OCH3 is 1. The zero-order valence-corrected chi connectivity index (χ0v) is 28.1. The number of thiophene rings is 1. The fourth-order valence-electron chi connectivity index (χ4n) is 8.16. The fourth-order valence-corrected chi connectivity index (χ4v) is 9.08. The number of nitrogens with zero attached hydrogens (tertiary/aromatic N) is 7. The predicted octanol–water partition coefficient (Wildman–Crippen LogP) is 4.83. The zero-order valence-electron chi connectivity index (χ0n) is 27.3. The molecule has 4 aromatic rings. The minimum Gasteiger partial charge on any atom is -0.462 e. The summed E-state index contributed by atoms with van der Waals surface area (Å²) >= 11 is 0.955. The topological polar surface area (TPSA) is 126 Å². The highest BCUT2D eigenvalue weighted by Gasteiger charge is 2.43. The van der Waals surface area contributed by atoms with E-state index in [0.717, 1.165) is 75.0 Å². The van der Waals surface area contributed by atoms with Crippen LogP contribution in [0.4, 0.5) is 19.6 Å². The van der Waals surface area contributed by atoms with Gasteiger partial charge in [-0.25, -0.2) is 8.78 Å². The molecule has 4 atom stereocenters. The maximum atomic E-state index is 17.4. The summed E-state index contributed by atoms with van der Waals surface area (Å²) < 4.78 is 50.4. The maximum Gasteiger partial charge on any atom is 0.319 e. The molecule has 7 heterocycles. The van der Waals surface area contributed by atoms with Gasteiger partial charge in [-0.3, -0.25) is 9.88 Å². The maximum absolute atomic E-state index is 17.4. The standard InChI is InChI=1S/C34H38F2N8O3S/c1-17(45-3)11-43-12-18-6-7-19(13-43)44(18)33-27-23-16-46-15-22(23)25(29-26-21(9-37)32(38)48-31(26)24(35)10-39-29)28(36)30(27)40-34(41-33)47-14-20-5-4-8-42(20)2/h10,17-20H,4-8,11-16,38H2,1-3H3/t17-,18?,19?,20+/m1/s1. The molecule has 2 unspecified atom stereocenters. The molecule has 2 bridgehead atoms. The Balaban J connectivity index is 1.32. The number of hydrogen-bond acceptors (Lipinski definition) is 12. The molecule has 11 nitrogen and oxygen atoms in total. The van der Waals surface area contributed by atoms with Gasteiger partial charge in [-0.2, -0.15) is 15.2 Å². The van der Waals surface area contributed by atoms with Gasteiger partial charge in [0.15, 0.2) is 11.6 Å². The van der Waals surface area contributed by atoms with Crippen molar-refractivity contribution in [3.05, 3.63) is 34.5 Å². The molecule has 3 aromatic heterocycles. The van der Waals surface area contributed by atoms with E-state index in [0.29, 0.717) is 23.4 Å². The van der Waals surface area contributed by atoms with Crippen molar-refractivity contribution in [2.75, 3.05) is 57.6 Å². The third-order valence-corrected chi connectivity index (χ3v) is 11.6. The summed E-state index contributed by atoms with van der Waals surface area (Å²) in [5.41, 5.74) is 7.98. The van der Waals surface area contributed by atoms with Crippen molar-refractivity contribution in [1.82, 2.24) is 24.8 Å². The second-order valence-electron chi connectivity index (χ2n) is 13.4. The van der Waals surface area contributed by atoms with E-state index in [-0.39, 0.29) is 80.9 Å². The van der Waals surface area contributed by atoms with Gasteiger partial charge in [-0.1, -0.05) is 0 Å². The van der Waals surface area contributed by atoms with Crippen LogP contribution in [0.25, 0.3) is 32.2 Å². The number of hydrogen-bond donors (Lipinski definition) is 1. The van der Waals surface area contributed by atoms with Crippen molar-refractivity contribution in [2.45, 2.75) is 70.1 Å². The normalized spacial score (nSPS) is 23.3. The number of pyridine rings is 1. The van der Waals surface area contributed by atoms with Crippen molar-refractivity contribution in [2.24, 2.45) is 0 Å². The molecule has 1 aromatic carbocycles. The number of likely N-dealkylation sites (N-methyl/N-ethyl adjacent to an activating group) is 1. The van der Waals surface area contributed by atoms with E-state index in [1.54, 1.807) is 7.11 Å². The second-order valence-corrected chi connectivity index (χ2v) is 14.5. The number of rotatable bonds is 8. The van der Waals surface area contributed by atoms with Crippen LogP contribution in [0.5, 0.6) is 6.01 Å². The Morgan fingerprint density at radius 3 is 2.62 bits per heavy atom. The Hall–Kier alpha value is -3.74. The summed E-state index contributed by atoms with van der Waals surface area (Å²) in [6, 6.07) is 2.76. The lowest BCUT2D eigenvalue weighted by Gasteiger charge is -2.43. The number of benzene rings is 1. The number of nitriles is 1. The lowest BCUT2D eigenvalue weighted by molar-refractivity contribution is 0.0687. The summed E-state index contributed by atoms with van der Waals surface area (Å²) in [6.45, 7) is 6.33. The summed E-state index contributed by atoms with van der Waals surface area (Å²) in [5.74, 6) is -0.592. The minimum absolute atomic E-state index is 0.0782. The Morgan fingerprint density at radius 2 is 1.92 bits per heavy atom. The van der Waals surface area contributed by atoms with E-state index in [1.807, 2.05) is 0 Å². The van der Waals surface area contributed by atoms with Crippen LogP contribution < -0.4 is 15.4 Å². The number of fused-ring (bicyclic) bond motifs is 6. The number of anilines is 2. The molecule has 48 heavy (non-hydrogen) atoms. The van der Waals surface area contributed by atoms with Crippen LogP contribution in [0.1, 0.15) is 49.3 Å². The lowest BCUT2D eigenvalue weighted by atomic mass is 9.93. The van der Waals surface area contributed by atoms with Crippen LogP contribution in [0.15, 0.2) is 6.20 Å². The first-order valence-electron chi connectivity index (χ1n) is 16.5. The minimum atomic E-state index is -0.630. The Labute approximate surface area is 281 Å². The first-order valence-corrected chi connectivity index (χ1v) is 17.3. The first-order chi connectivity index (χ1) is 23.3. The Bertz CT molecular complexity index is 1950. The molecule has 0 radical (unpaired) electrons. The molecule has 0 saturated carbocycles. The summed E-state index contributed by atoms with van der Waals surface area (Å²) in [4.78, 5) is 21.2. The van der Waals surface area contributed by atoms with E-state index in [2.05, 4.69) is 39.7 Å². The highest BCUT2D eigenvalue weighted by Crippen LogP contribution is 2.48. The van der Waals surface area contributed by atoms with Gasteiger partial charge >= 0.3 is 6.01 Å². The number of nitrogens with two attached hydrogens (primary N) is 1. The van der Waals surface area contributed by atoms with Crippen LogP contribution in [0.3, 0.4) is 0 Å². The Morgan fingerprint density at radius 1 is 1.15 bits per heavy atom. The molecule has 3 saturated heterocycles. The predicted molar refractivity (Wildman–Crippen MR) is 179 cm³/mol. The first kappa shape index (κ1) is 31.5. The largest absolute Gasteiger partial charge is 0.462 e. The van der Waals surface area contributed by atoms with E-state index < -0.39 is 11.6 Å². The SMILES string of the molecule is CO[C@H](C)CN1CC2CCC(C1)N2c1nc(OC[C@@H]2CCCN2C)nc2c(F)c(-c3ncc(F)c4sc(N)c(C#N)c34)c3c(c12)COC3. The Kier molecular flexibility index (Phi) is 8.08. The lowest BCUT2D eigenvalue weighted by Crippen LogP contribution is -2.55. The summed E-state index contributed by atoms with van der Waals surface area (Å²) in [7, 11) is 3.81. The quantitative estimate of drug-likeness (QED) is 0.276. The van der Waals surface area contributed by atoms with Crippen molar-refractivity contribution in [3.63, 3.8) is 0 Å². The second kappa shape index (κ2) is 12.3. The van der Waals surface area contributed by atoms with Crippen LogP contribution in [-0.4, -0.2) is 95.9 Å². The number of nitrogen functional groups attached to an aromatic ring is 1. The number of likely N-dealkylation sites (tertiary alicyclic amines) is 2. The molecule has 4 aliphatic heterocycles. The molecule has 3 fully saturated rings. The van der Waals surface area contributed by atoms with Crippen LogP contribution in [0.2, 0.25) is 0 Å². The van der Waals surface area contributed by atoms with E-state index in [1.165, 1.54) is 0 Å². The molecule has 4 aliphatic rings. The van der Waals surface area contributed by atoms with Crippen molar-refractivity contribution >= 4 is 43.1 Å². The van der Waals surface area contributed by atoms with Gasteiger partial charge in [-0.15, -0.1) is 11.3 Å². The highest BCUT2D eigenvalue weighted by molar-refractivity contribution is 7.23.